The second-order valence-corrected chi connectivity index (χ2v) is 6.27. The molecule has 2 aromatic rings. The van der Waals surface area contributed by atoms with E-state index in [1.165, 1.54) is 42.5 Å². The van der Waals surface area contributed by atoms with E-state index < -0.39 is 13.6 Å². The van der Waals surface area contributed by atoms with Gasteiger partial charge in [-0.15, -0.1) is 0 Å². The van der Waals surface area contributed by atoms with Crippen LogP contribution in [0.25, 0.3) is 0 Å². The van der Waals surface area contributed by atoms with Crippen molar-refractivity contribution in [3.63, 3.8) is 0 Å². The van der Waals surface area contributed by atoms with Crippen molar-refractivity contribution in [2.24, 2.45) is 0 Å². The number of hydrogen-bond donors (Lipinski definition) is 3. The summed E-state index contributed by atoms with van der Waals surface area (Å²) in [6, 6.07) is 11.3. The molecule has 0 aliphatic carbocycles. The van der Waals surface area contributed by atoms with Crippen LogP contribution in [-0.2, 0) is 11.0 Å². The van der Waals surface area contributed by atoms with E-state index in [4.69, 9.17) is 14.9 Å². The minimum absolute atomic E-state index is 0.0499. The second-order valence-electron chi connectivity index (χ2n) is 4.66. The molecule has 0 aliphatic rings. The number of carboxylic acid groups (broad SMARTS) is 1. The highest BCUT2D eigenvalue weighted by atomic mass is 31.2. The van der Waals surface area contributed by atoms with Gasteiger partial charge in [-0.2, -0.15) is 0 Å². The third-order valence-electron chi connectivity index (χ3n) is 3.10. The van der Waals surface area contributed by atoms with Crippen LogP contribution >= 0.6 is 7.60 Å². The van der Waals surface area contributed by atoms with Crippen LogP contribution in [0.3, 0.4) is 0 Å². The fourth-order valence-corrected chi connectivity index (χ4v) is 2.54. The van der Waals surface area contributed by atoms with Gasteiger partial charge in [0.15, 0.2) is 5.78 Å². The van der Waals surface area contributed by atoms with Crippen molar-refractivity contribution >= 4 is 24.7 Å². The van der Waals surface area contributed by atoms with Crippen LogP contribution in [0.1, 0.15) is 26.3 Å². The van der Waals surface area contributed by atoms with Crippen molar-refractivity contribution in [1.82, 2.24) is 0 Å². The van der Waals surface area contributed by atoms with Crippen LogP contribution in [0.4, 0.5) is 0 Å². The molecule has 0 atom stereocenters. The Kier molecular flexibility index (Phi) is 4.56. The molecule has 3 N–H and O–H groups in total. The van der Waals surface area contributed by atoms with Gasteiger partial charge in [0.1, 0.15) is 0 Å². The number of rotatable bonds is 5. The van der Waals surface area contributed by atoms with Crippen LogP contribution in [0.15, 0.2) is 48.5 Å². The lowest BCUT2D eigenvalue weighted by Crippen LogP contribution is -2.11. The Morgan fingerprint density at radius 1 is 0.909 bits per heavy atom. The molecule has 6 nitrogen and oxygen atoms in total. The van der Waals surface area contributed by atoms with E-state index in [1.54, 1.807) is 6.07 Å². The Balaban J connectivity index is 2.23. The molecule has 7 heteroatoms. The third kappa shape index (κ3) is 3.68. The van der Waals surface area contributed by atoms with Gasteiger partial charge in [-0.1, -0.05) is 30.3 Å². The lowest BCUT2D eigenvalue weighted by Gasteiger charge is -2.07. The van der Waals surface area contributed by atoms with Crippen molar-refractivity contribution in [3.8, 4) is 0 Å². The van der Waals surface area contributed by atoms with Gasteiger partial charge in [-0.25, -0.2) is 4.79 Å². The lowest BCUT2D eigenvalue weighted by molar-refractivity contribution is 0.0692. The van der Waals surface area contributed by atoms with Crippen molar-refractivity contribution in [3.05, 3.63) is 65.2 Å². The van der Waals surface area contributed by atoms with Gasteiger partial charge in [0.25, 0.3) is 0 Å². The molecule has 2 rings (SSSR count). The van der Waals surface area contributed by atoms with Crippen LogP contribution < -0.4 is 5.30 Å². The summed E-state index contributed by atoms with van der Waals surface area (Å²) in [6.45, 7) is 0. The quantitative estimate of drug-likeness (QED) is 0.570. The zero-order valence-corrected chi connectivity index (χ0v) is 12.2. The third-order valence-corrected chi connectivity index (χ3v) is 4.07. The monoisotopic (exact) mass is 320 g/mol. The largest absolute Gasteiger partial charge is 0.478 e. The number of carbonyl (C=O) groups is 2. The molecule has 114 valence electrons. The molecule has 0 saturated heterocycles. The van der Waals surface area contributed by atoms with Crippen molar-refractivity contribution in [1.29, 1.82) is 0 Å². The van der Waals surface area contributed by atoms with Crippen LogP contribution in [0, 0.1) is 0 Å². The first-order valence-corrected chi connectivity index (χ1v) is 7.91. The number of hydrogen-bond acceptors (Lipinski definition) is 3. The molecule has 0 heterocycles. The summed E-state index contributed by atoms with van der Waals surface area (Å²) in [5, 5.41) is 8.94. The van der Waals surface area contributed by atoms with Crippen LogP contribution in [0.2, 0.25) is 0 Å². The standard InChI is InChI=1S/C15H13O6P/c16-14(12-3-1-2-4-13(12)15(17)18)9-10-5-7-11(8-6-10)22(19,20)21/h1-8H,9H2,(H,17,18)(H2,19,20,21). The normalized spacial score (nSPS) is 11.2. The highest BCUT2D eigenvalue weighted by Gasteiger charge is 2.18. The Hall–Kier alpha value is -2.27. The van der Waals surface area contributed by atoms with E-state index in [9.17, 15) is 14.2 Å². The maximum Gasteiger partial charge on any atom is 0.356 e. The molecule has 22 heavy (non-hydrogen) atoms. The number of benzene rings is 2. The Morgan fingerprint density at radius 3 is 1.95 bits per heavy atom. The van der Waals surface area contributed by atoms with Crippen molar-refractivity contribution < 1.29 is 29.0 Å². The minimum atomic E-state index is -4.31. The molecule has 0 bridgehead atoms. The summed E-state index contributed by atoms with van der Waals surface area (Å²) < 4.78 is 11.1. The Bertz CT molecular complexity index is 760. The SMILES string of the molecule is O=C(O)c1ccccc1C(=O)Cc1ccc(P(=O)(O)O)cc1. The molecule has 0 saturated carbocycles. The summed E-state index contributed by atoms with van der Waals surface area (Å²) in [5.74, 6) is -1.55. The first kappa shape index (κ1) is 16.1. The second kappa shape index (κ2) is 6.23. The van der Waals surface area contributed by atoms with E-state index >= 15 is 0 Å². The zero-order chi connectivity index (χ0) is 16.3. The van der Waals surface area contributed by atoms with Gasteiger partial charge in [0.2, 0.25) is 0 Å². The van der Waals surface area contributed by atoms with Gasteiger partial charge in [0.05, 0.1) is 10.9 Å². The van der Waals surface area contributed by atoms with Gasteiger partial charge in [-0.3, -0.25) is 9.36 Å². The van der Waals surface area contributed by atoms with E-state index in [1.807, 2.05) is 0 Å². The average Bonchev–Trinajstić information content (AvgIpc) is 2.46. The van der Waals surface area contributed by atoms with Gasteiger partial charge in [-0.05, 0) is 23.8 Å². The lowest BCUT2D eigenvalue weighted by atomic mass is 9.98. The van der Waals surface area contributed by atoms with E-state index in [0.29, 0.717) is 5.56 Å². The zero-order valence-electron chi connectivity index (χ0n) is 11.3. The molecule has 2 aromatic carbocycles. The van der Waals surface area contributed by atoms with Crippen molar-refractivity contribution in [2.75, 3.05) is 0 Å². The topological polar surface area (TPSA) is 112 Å². The highest BCUT2D eigenvalue weighted by molar-refractivity contribution is 7.60. The van der Waals surface area contributed by atoms with Gasteiger partial charge < -0.3 is 14.9 Å². The molecular formula is C15H13O6P. The molecule has 0 spiro atoms. The highest BCUT2D eigenvalue weighted by Crippen LogP contribution is 2.32. The molecule has 0 aromatic heterocycles. The molecular weight excluding hydrogens is 307 g/mol. The summed E-state index contributed by atoms with van der Waals surface area (Å²) in [7, 11) is -4.31. The van der Waals surface area contributed by atoms with Gasteiger partial charge in [0, 0.05) is 12.0 Å². The average molecular weight is 320 g/mol. The molecule has 0 amide bonds. The van der Waals surface area contributed by atoms with E-state index in [0.717, 1.165) is 0 Å². The van der Waals surface area contributed by atoms with Crippen LogP contribution in [-0.4, -0.2) is 26.6 Å². The maximum atomic E-state index is 12.2. The molecule has 0 aliphatic heterocycles. The van der Waals surface area contributed by atoms with E-state index in [-0.39, 0.29) is 28.6 Å². The molecule has 0 unspecified atom stereocenters. The minimum Gasteiger partial charge on any atom is -0.478 e. The van der Waals surface area contributed by atoms with Crippen LogP contribution in [0.5, 0.6) is 0 Å². The van der Waals surface area contributed by atoms with Crippen molar-refractivity contribution in [2.45, 2.75) is 6.42 Å². The van der Waals surface area contributed by atoms with Gasteiger partial charge >= 0.3 is 13.6 Å². The number of ketones is 1. The first-order valence-electron chi connectivity index (χ1n) is 6.29. The molecule has 0 radical (unpaired) electrons. The number of carboxylic acids is 1. The summed E-state index contributed by atoms with van der Waals surface area (Å²) in [5.41, 5.74) is 0.579. The van der Waals surface area contributed by atoms with E-state index in [2.05, 4.69) is 0 Å². The Morgan fingerprint density at radius 2 is 1.45 bits per heavy atom. The fraction of sp³-hybridized carbons (Fsp3) is 0.0667. The summed E-state index contributed by atoms with van der Waals surface area (Å²) >= 11 is 0. The fourth-order valence-electron chi connectivity index (χ4n) is 2.00. The maximum absolute atomic E-state index is 12.2. The smallest absolute Gasteiger partial charge is 0.356 e. The Labute approximate surface area is 126 Å². The predicted octanol–water partition coefficient (Wildman–Crippen LogP) is 1.61. The number of carbonyl (C=O) groups excluding carboxylic acids is 1. The first-order chi connectivity index (χ1) is 10.3. The number of Topliss-reactive ketones (excluding diaryl/α,β-unsaturated/α-hetero) is 1. The summed E-state index contributed by atoms with van der Waals surface area (Å²) in [6.07, 6.45) is -0.0499. The predicted molar refractivity (Wildman–Crippen MR) is 79.6 cm³/mol. The number of aromatic carboxylic acids is 1. The summed E-state index contributed by atoms with van der Waals surface area (Å²) in [4.78, 5) is 41.3. The molecule has 0 fully saturated rings.